The Balaban J connectivity index is 1.71. The second-order valence-corrected chi connectivity index (χ2v) is 9.84. The van der Waals surface area contributed by atoms with Crippen molar-refractivity contribution in [2.24, 2.45) is 5.92 Å². The van der Waals surface area contributed by atoms with E-state index in [0.29, 0.717) is 16.6 Å². The number of likely N-dealkylation sites (tertiary alicyclic amines) is 1. The summed E-state index contributed by atoms with van der Waals surface area (Å²) in [4.78, 5) is 32.9. The van der Waals surface area contributed by atoms with Crippen LogP contribution in [0.25, 0.3) is 21.3 Å². The highest BCUT2D eigenvalue weighted by Gasteiger charge is 2.32. The Hall–Kier alpha value is -2.44. The van der Waals surface area contributed by atoms with Crippen molar-refractivity contribution < 1.29 is 14.3 Å². The number of hydrogen-bond donors (Lipinski definition) is 0. The summed E-state index contributed by atoms with van der Waals surface area (Å²) in [7, 11) is 1.64. The Morgan fingerprint density at radius 1 is 1.16 bits per heavy atom. The van der Waals surface area contributed by atoms with Crippen LogP contribution in [-0.2, 0) is 29.0 Å². The van der Waals surface area contributed by atoms with E-state index in [1.165, 1.54) is 15.3 Å². The van der Waals surface area contributed by atoms with Gasteiger partial charge in [0.2, 0.25) is 11.8 Å². The molecule has 3 aromatic rings. The van der Waals surface area contributed by atoms with Gasteiger partial charge in [-0.05, 0) is 48.4 Å². The largest absolute Gasteiger partial charge is 0.497 e. The maximum Gasteiger partial charge on any atom is 0.230 e. The quantitative estimate of drug-likeness (QED) is 0.495. The fourth-order valence-electron chi connectivity index (χ4n) is 4.58. The summed E-state index contributed by atoms with van der Waals surface area (Å²) in [5, 5.41) is 1.63. The number of rotatable bonds is 4. The lowest BCUT2D eigenvalue weighted by Crippen LogP contribution is -2.29. The van der Waals surface area contributed by atoms with Crippen LogP contribution in [0.5, 0.6) is 5.75 Å². The normalized spacial score (nSPS) is 18.7. The van der Waals surface area contributed by atoms with Crippen LogP contribution in [0.4, 0.5) is 0 Å². The van der Waals surface area contributed by atoms with Crippen LogP contribution in [0.15, 0.2) is 24.3 Å². The Labute approximate surface area is 190 Å². The molecule has 1 aromatic carbocycles. The smallest absolute Gasteiger partial charge is 0.230 e. The Kier molecular flexibility index (Phi) is 5.22. The molecule has 0 saturated carbocycles. The number of thiophene rings is 1. The van der Waals surface area contributed by atoms with Crippen LogP contribution in [0.2, 0.25) is 5.02 Å². The summed E-state index contributed by atoms with van der Waals surface area (Å²) in [5.41, 5.74) is 3.85. The first-order valence-corrected chi connectivity index (χ1v) is 11.8. The van der Waals surface area contributed by atoms with Gasteiger partial charge >= 0.3 is 0 Å². The minimum absolute atomic E-state index is 0.120. The molecular weight excluding hydrogens is 432 g/mol. The SMILES string of the molecule is COc1ccc(-c2c(Cl)c(CN3C(=O)CCC3=O)nc3sc4c(c23)CCC(C)C4)cc1. The number of aryl methyl sites for hydroxylation is 1. The molecule has 1 unspecified atom stereocenters. The number of nitrogens with zero attached hydrogens (tertiary/aromatic N) is 2. The zero-order chi connectivity index (χ0) is 21.7. The van der Waals surface area contributed by atoms with Crippen LogP contribution in [0.3, 0.4) is 0 Å². The van der Waals surface area contributed by atoms with Crippen molar-refractivity contribution in [2.75, 3.05) is 7.11 Å². The first kappa shape index (κ1) is 20.5. The molecule has 1 aliphatic heterocycles. The molecule has 5 nitrogen and oxygen atoms in total. The monoisotopic (exact) mass is 454 g/mol. The molecule has 7 heteroatoms. The van der Waals surface area contributed by atoms with Gasteiger partial charge in [0, 0.05) is 28.7 Å². The Bertz CT molecular complexity index is 1190. The van der Waals surface area contributed by atoms with E-state index >= 15 is 0 Å². The lowest BCUT2D eigenvalue weighted by molar-refractivity contribution is -0.139. The number of fused-ring (bicyclic) bond motifs is 3. The summed E-state index contributed by atoms with van der Waals surface area (Å²) in [6, 6.07) is 7.86. The topological polar surface area (TPSA) is 59.5 Å². The van der Waals surface area contributed by atoms with Gasteiger partial charge < -0.3 is 4.74 Å². The molecule has 5 rings (SSSR count). The molecule has 0 N–H and O–H groups in total. The molecule has 1 saturated heterocycles. The van der Waals surface area contributed by atoms with Crippen molar-refractivity contribution in [3.8, 4) is 16.9 Å². The number of carbonyl (C=O) groups is 2. The fourth-order valence-corrected chi connectivity index (χ4v) is 6.30. The Morgan fingerprint density at radius 3 is 2.55 bits per heavy atom. The lowest BCUT2D eigenvalue weighted by atomic mass is 9.87. The van der Waals surface area contributed by atoms with Crippen molar-refractivity contribution in [3.63, 3.8) is 0 Å². The van der Waals surface area contributed by atoms with E-state index in [1.54, 1.807) is 18.4 Å². The summed E-state index contributed by atoms with van der Waals surface area (Å²) in [5.74, 6) is 1.11. The molecule has 0 radical (unpaired) electrons. The maximum atomic E-state index is 12.2. The maximum absolute atomic E-state index is 12.2. The summed E-state index contributed by atoms with van der Waals surface area (Å²) in [6.45, 7) is 2.41. The highest BCUT2D eigenvalue weighted by atomic mass is 35.5. The minimum Gasteiger partial charge on any atom is -0.497 e. The minimum atomic E-state index is -0.159. The van der Waals surface area contributed by atoms with E-state index in [-0.39, 0.29) is 31.2 Å². The van der Waals surface area contributed by atoms with Gasteiger partial charge in [0.15, 0.2) is 0 Å². The molecule has 0 bridgehead atoms. The van der Waals surface area contributed by atoms with Crippen molar-refractivity contribution in [2.45, 2.75) is 45.6 Å². The first-order valence-electron chi connectivity index (χ1n) is 10.6. The van der Waals surface area contributed by atoms with Crippen LogP contribution in [0.1, 0.15) is 42.3 Å². The Morgan fingerprint density at radius 2 is 1.87 bits per heavy atom. The van der Waals surface area contributed by atoms with Crippen LogP contribution in [-0.4, -0.2) is 28.8 Å². The number of pyridine rings is 1. The van der Waals surface area contributed by atoms with Crippen LogP contribution < -0.4 is 4.74 Å². The van der Waals surface area contributed by atoms with Gasteiger partial charge in [0.1, 0.15) is 10.6 Å². The third-order valence-corrected chi connectivity index (χ3v) is 7.85. The molecule has 0 spiro atoms. The van der Waals surface area contributed by atoms with Gasteiger partial charge in [-0.1, -0.05) is 30.7 Å². The first-order chi connectivity index (χ1) is 15.0. The van der Waals surface area contributed by atoms with Gasteiger partial charge in [-0.25, -0.2) is 4.98 Å². The molecule has 3 heterocycles. The van der Waals surface area contributed by atoms with Crippen molar-refractivity contribution in [1.82, 2.24) is 9.88 Å². The number of carbonyl (C=O) groups excluding carboxylic acids is 2. The zero-order valence-corrected chi connectivity index (χ0v) is 19.1. The van der Waals surface area contributed by atoms with E-state index in [9.17, 15) is 9.59 Å². The molecule has 1 aliphatic carbocycles. The van der Waals surface area contributed by atoms with E-state index in [4.69, 9.17) is 21.3 Å². The van der Waals surface area contributed by atoms with Gasteiger partial charge in [0.25, 0.3) is 0 Å². The van der Waals surface area contributed by atoms with E-state index in [0.717, 1.165) is 46.4 Å². The summed E-state index contributed by atoms with van der Waals surface area (Å²) in [6.07, 6.45) is 3.73. The average molecular weight is 455 g/mol. The standard InChI is InChI=1S/C24H23ClN2O3S/c1-13-3-8-16-18(11-13)31-24-22(16)21(14-4-6-15(30-2)7-5-14)23(25)17(26-24)12-27-19(28)9-10-20(27)29/h4-7,13H,3,8-12H2,1-2H3. The van der Waals surface area contributed by atoms with E-state index in [1.807, 2.05) is 24.3 Å². The number of aromatic nitrogens is 1. The highest BCUT2D eigenvalue weighted by molar-refractivity contribution is 7.19. The number of imide groups is 1. The molecule has 2 aliphatic rings. The molecule has 2 aromatic heterocycles. The summed E-state index contributed by atoms with van der Waals surface area (Å²) < 4.78 is 5.32. The summed E-state index contributed by atoms with van der Waals surface area (Å²) >= 11 is 8.68. The molecule has 1 atom stereocenters. The van der Waals surface area contributed by atoms with Crippen molar-refractivity contribution in [3.05, 3.63) is 45.4 Å². The predicted octanol–water partition coefficient (Wildman–Crippen LogP) is 5.40. The second-order valence-electron chi connectivity index (χ2n) is 8.38. The van der Waals surface area contributed by atoms with Crippen LogP contribution in [0, 0.1) is 5.92 Å². The molecule has 160 valence electrons. The number of benzene rings is 1. The third-order valence-electron chi connectivity index (χ3n) is 6.29. The van der Waals surface area contributed by atoms with E-state index < -0.39 is 0 Å². The number of hydrogen-bond acceptors (Lipinski definition) is 5. The van der Waals surface area contributed by atoms with E-state index in [2.05, 4.69) is 6.92 Å². The molecular formula is C24H23ClN2O3S. The molecule has 1 fully saturated rings. The highest BCUT2D eigenvalue weighted by Crippen LogP contribution is 2.46. The lowest BCUT2D eigenvalue weighted by Gasteiger charge is -2.20. The third kappa shape index (κ3) is 3.52. The predicted molar refractivity (Wildman–Crippen MR) is 123 cm³/mol. The fraction of sp³-hybridized carbons (Fsp3) is 0.375. The van der Waals surface area contributed by atoms with Crippen LogP contribution >= 0.6 is 22.9 Å². The van der Waals surface area contributed by atoms with Gasteiger partial charge in [-0.15, -0.1) is 11.3 Å². The molecule has 31 heavy (non-hydrogen) atoms. The van der Waals surface area contributed by atoms with Gasteiger partial charge in [0.05, 0.1) is 24.4 Å². The number of amides is 2. The zero-order valence-electron chi connectivity index (χ0n) is 17.5. The van der Waals surface area contributed by atoms with Gasteiger partial charge in [-0.2, -0.15) is 0 Å². The van der Waals surface area contributed by atoms with Gasteiger partial charge in [-0.3, -0.25) is 14.5 Å². The number of halogens is 1. The van der Waals surface area contributed by atoms with Crippen molar-refractivity contribution >= 4 is 45.0 Å². The van der Waals surface area contributed by atoms with Crippen molar-refractivity contribution in [1.29, 1.82) is 0 Å². The molecule has 2 amide bonds. The number of ether oxygens (including phenoxy) is 1. The average Bonchev–Trinajstić information content (AvgIpc) is 3.28. The second kappa shape index (κ2) is 7.92. The number of methoxy groups -OCH3 is 1.